The monoisotopic (exact) mass is 190 g/mol. The van der Waals surface area contributed by atoms with Gasteiger partial charge in [0.2, 0.25) is 0 Å². The van der Waals surface area contributed by atoms with Crippen molar-refractivity contribution >= 4 is 5.57 Å². The Morgan fingerprint density at radius 2 is 2.43 bits per heavy atom. The van der Waals surface area contributed by atoms with Crippen LogP contribution >= 0.6 is 0 Å². The van der Waals surface area contributed by atoms with E-state index in [1.165, 1.54) is 0 Å². The lowest BCUT2D eigenvalue weighted by Crippen LogP contribution is -2.11. The fourth-order valence-corrected chi connectivity index (χ4v) is 1.12. The Balaban J connectivity index is 2.89. The Morgan fingerprint density at radius 3 is 2.86 bits per heavy atom. The first-order chi connectivity index (χ1) is 6.65. The van der Waals surface area contributed by atoms with Crippen molar-refractivity contribution in [3.05, 3.63) is 24.0 Å². The summed E-state index contributed by atoms with van der Waals surface area (Å²) < 4.78 is 1.70. The van der Waals surface area contributed by atoms with Crippen LogP contribution in [0.5, 0.6) is 0 Å². The molecular weight excluding hydrogens is 176 g/mol. The number of allylic oxidation sites excluding steroid dienone is 1. The first-order valence-electron chi connectivity index (χ1n) is 4.38. The molecular formula is C10H14N4. The van der Waals surface area contributed by atoms with Gasteiger partial charge in [-0.2, -0.15) is 10.4 Å². The number of nitriles is 1. The van der Waals surface area contributed by atoms with Crippen molar-refractivity contribution in [3.63, 3.8) is 0 Å². The second-order valence-corrected chi connectivity index (χ2v) is 3.33. The third kappa shape index (κ3) is 2.44. The summed E-state index contributed by atoms with van der Waals surface area (Å²) in [5.74, 6) is 0. The lowest BCUT2D eigenvalue weighted by Gasteiger charge is -2.05. The highest BCUT2D eigenvalue weighted by atomic mass is 15.3. The molecule has 4 heteroatoms. The highest BCUT2D eigenvalue weighted by molar-refractivity contribution is 5.74. The zero-order valence-corrected chi connectivity index (χ0v) is 8.73. The molecule has 74 valence electrons. The first kappa shape index (κ1) is 10.5. The number of hydrogen-bond donors (Lipinski definition) is 0. The lowest BCUT2D eigenvalue weighted by atomic mass is 10.2. The largest absolute Gasteiger partial charge is 0.306 e. The van der Waals surface area contributed by atoms with Crippen LogP contribution in [0.3, 0.4) is 0 Å². The van der Waals surface area contributed by atoms with Crippen LogP contribution in [0.2, 0.25) is 0 Å². The van der Waals surface area contributed by atoms with Gasteiger partial charge in [-0.3, -0.25) is 4.68 Å². The van der Waals surface area contributed by atoms with E-state index in [0.717, 1.165) is 12.2 Å². The Labute approximate surface area is 84.1 Å². The standard InChI is InChI=1S/C10H14N4/c1-13(2)7-5-9(8-11)10-4-6-12-14(10)3/h4-6H,7H2,1-3H3/b9-5+. The van der Waals surface area contributed by atoms with Gasteiger partial charge in [0.15, 0.2) is 0 Å². The Bertz CT molecular complexity index is 368. The van der Waals surface area contributed by atoms with Crippen molar-refractivity contribution in [2.24, 2.45) is 7.05 Å². The minimum atomic E-state index is 0.665. The molecule has 1 rings (SSSR count). The van der Waals surface area contributed by atoms with Crippen LogP contribution in [-0.4, -0.2) is 35.3 Å². The molecule has 0 atom stereocenters. The van der Waals surface area contributed by atoms with E-state index in [4.69, 9.17) is 5.26 Å². The SMILES string of the molecule is CN(C)C/C=C(\C#N)c1ccnn1C. The van der Waals surface area contributed by atoms with Crippen molar-refractivity contribution in [3.8, 4) is 6.07 Å². The maximum absolute atomic E-state index is 8.96. The van der Waals surface area contributed by atoms with Gasteiger partial charge >= 0.3 is 0 Å². The maximum atomic E-state index is 8.96. The number of hydrogen-bond acceptors (Lipinski definition) is 3. The van der Waals surface area contributed by atoms with Crippen molar-refractivity contribution in [1.29, 1.82) is 5.26 Å². The van der Waals surface area contributed by atoms with Crippen LogP contribution < -0.4 is 0 Å². The third-order valence-electron chi connectivity index (χ3n) is 1.88. The molecule has 0 aromatic carbocycles. The molecule has 0 aliphatic rings. The highest BCUT2D eigenvalue weighted by Crippen LogP contribution is 2.11. The third-order valence-corrected chi connectivity index (χ3v) is 1.88. The normalized spacial score (nSPS) is 11.8. The molecule has 0 amide bonds. The minimum absolute atomic E-state index is 0.665. The summed E-state index contributed by atoms with van der Waals surface area (Å²) in [6.45, 7) is 0.758. The molecule has 14 heavy (non-hydrogen) atoms. The fraction of sp³-hybridized carbons (Fsp3) is 0.400. The van der Waals surface area contributed by atoms with Gasteiger partial charge in [-0.05, 0) is 20.2 Å². The van der Waals surface area contributed by atoms with Crippen molar-refractivity contribution in [2.75, 3.05) is 20.6 Å². The average Bonchev–Trinajstić information content (AvgIpc) is 2.53. The number of aryl methyl sites for hydroxylation is 1. The quantitative estimate of drug-likeness (QED) is 0.665. The zero-order valence-electron chi connectivity index (χ0n) is 8.73. The van der Waals surface area contributed by atoms with Crippen molar-refractivity contribution in [2.45, 2.75) is 0 Å². The second kappa shape index (κ2) is 4.58. The van der Waals surface area contributed by atoms with E-state index < -0.39 is 0 Å². The smallest absolute Gasteiger partial charge is 0.101 e. The molecule has 0 unspecified atom stereocenters. The molecule has 0 bridgehead atoms. The van der Waals surface area contributed by atoms with Gasteiger partial charge in [-0.15, -0.1) is 0 Å². The predicted molar refractivity (Wildman–Crippen MR) is 55.4 cm³/mol. The van der Waals surface area contributed by atoms with E-state index >= 15 is 0 Å². The summed E-state index contributed by atoms with van der Waals surface area (Å²) in [7, 11) is 5.76. The summed E-state index contributed by atoms with van der Waals surface area (Å²) in [5.41, 5.74) is 1.52. The molecule has 1 heterocycles. The fourth-order valence-electron chi connectivity index (χ4n) is 1.12. The lowest BCUT2D eigenvalue weighted by molar-refractivity contribution is 0.457. The van der Waals surface area contributed by atoms with Crippen molar-refractivity contribution < 1.29 is 0 Å². The van der Waals surface area contributed by atoms with Gasteiger partial charge in [0.05, 0.1) is 11.3 Å². The Kier molecular flexibility index (Phi) is 3.43. The van der Waals surface area contributed by atoms with E-state index in [9.17, 15) is 0 Å². The van der Waals surface area contributed by atoms with Gasteiger partial charge in [-0.1, -0.05) is 6.08 Å². The topological polar surface area (TPSA) is 44.9 Å². The molecule has 0 aliphatic carbocycles. The maximum Gasteiger partial charge on any atom is 0.101 e. The second-order valence-electron chi connectivity index (χ2n) is 3.33. The molecule has 0 N–H and O–H groups in total. The summed E-state index contributed by atoms with van der Waals surface area (Å²) in [4.78, 5) is 2.01. The Morgan fingerprint density at radius 1 is 1.71 bits per heavy atom. The van der Waals surface area contributed by atoms with Crippen LogP contribution in [0.1, 0.15) is 5.69 Å². The molecule has 0 fully saturated rings. The van der Waals surface area contributed by atoms with Crippen molar-refractivity contribution in [1.82, 2.24) is 14.7 Å². The van der Waals surface area contributed by atoms with E-state index in [1.807, 2.05) is 38.2 Å². The van der Waals surface area contributed by atoms with Crippen LogP contribution in [0.4, 0.5) is 0 Å². The first-order valence-corrected chi connectivity index (χ1v) is 4.38. The van der Waals surface area contributed by atoms with Gasteiger partial charge in [-0.25, -0.2) is 0 Å². The number of aromatic nitrogens is 2. The van der Waals surface area contributed by atoms with E-state index in [-0.39, 0.29) is 0 Å². The minimum Gasteiger partial charge on any atom is -0.306 e. The zero-order chi connectivity index (χ0) is 10.6. The average molecular weight is 190 g/mol. The molecule has 1 aromatic rings. The molecule has 0 radical (unpaired) electrons. The van der Waals surface area contributed by atoms with Gasteiger partial charge in [0.25, 0.3) is 0 Å². The molecule has 0 spiro atoms. The summed E-state index contributed by atoms with van der Waals surface area (Å²) in [5, 5.41) is 13.0. The van der Waals surface area contributed by atoms with E-state index in [0.29, 0.717) is 5.57 Å². The van der Waals surface area contributed by atoms with Gasteiger partial charge in [0.1, 0.15) is 6.07 Å². The number of likely N-dealkylation sites (N-methyl/N-ethyl adjacent to an activating group) is 1. The molecule has 0 saturated carbocycles. The number of nitrogens with zero attached hydrogens (tertiary/aromatic N) is 4. The van der Waals surface area contributed by atoms with Crippen LogP contribution in [0, 0.1) is 11.3 Å². The Hall–Kier alpha value is -1.60. The molecule has 1 aromatic heterocycles. The highest BCUT2D eigenvalue weighted by Gasteiger charge is 2.04. The molecule has 0 saturated heterocycles. The summed E-state index contributed by atoms with van der Waals surface area (Å²) >= 11 is 0. The molecule has 4 nitrogen and oxygen atoms in total. The summed E-state index contributed by atoms with van der Waals surface area (Å²) in [6, 6.07) is 4.01. The van der Waals surface area contributed by atoms with Crippen LogP contribution in [0.25, 0.3) is 5.57 Å². The van der Waals surface area contributed by atoms with Crippen LogP contribution in [-0.2, 0) is 7.05 Å². The number of rotatable bonds is 3. The van der Waals surface area contributed by atoms with Gasteiger partial charge in [0, 0.05) is 19.8 Å². The predicted octanol–water partition coefficient (Wildman–Crippen LogP) is 0.889. The van der Waals surface area contributed by atoms with Gasteiger partial charge < -0.3 is 4.90 Å². The molecule has 0 aliphatic heterocycles. The van der Waals surface area contributed by atoms with Crippen LogP contribution in [0.15, 0.2) is 18.3 Å². The van der Waals surface area contributed by atoms with E-state index in [1.54, 1.807) is 10.9 Å². The van der Waals surface area contributed by atoms with E-state index in [2.05, 4.69) is 11.2 Å². The summed E-state index contributed by atoms with van der Waals surface area (Å²) in [6.07, 6.45) is 3.59.